The summed E-state index contributed by atoms with van der Waals surface area (Å²) in [6.45, 7) is 4.96. The second kappa shape index (κ2) is 10.7. The first-order valence-corrected chi connectivity index (χ1v) is 9.00. The molecule has 1 heterocycles. The molecule has 0 unspecified atom stereocenters. The molecule has 140 valence electrons. The van der Waals surface area contributed by atoms with Crippen molar-refractivity contribution in [2.45, 2.75) is 70.4 Å². The number of aliphatic hydroxyl groups is 2. The van der Waals surface area contributed by atoms with Crippen molar-refractivity contribution in [1.29, 1.82) is 0 Å². The van der Waals surface area contributed by atoms with Crippen molar-refractivity contribution >= 4 is 0 Å². The fourth-order valence-electron chi connectivity index (χ4n) is 2.70. The molecule has 1 aliphatic heterocycles. The molecule has 2 rings (SSSR count). The van der Waals surface area contributed by atoms with E-state index in [4.69, 9.17) is 14.2 Å². The van der Waals surface area contributed by atoms with Crippen LogP contribution in [0.3, 0.4) is 0 Å². The van der Waals surface area contributed by atoms with Crippen LogP contribution in [0.2, 0.25) is 0 Å². The second-order valence-electron chi connectivity index (χ2n) is 6.58. The molecule has 5 heteroatoms. The van der Waals surface area contributed by atoms with Crippen molar-refractivity contribution in [2.75, 3.05) is 6.61 Å². The zero-order chi connectivity index (χ0) is 18.1. The zero-order valence-electron chi connectivity index (χ0n) is 15.1. The standard InChI is InChI=1S/C20H30O5/c1-15(24-20-19(22)13-18(21)16(2)25-20)9-5-4-8-12-23-14-17-10-6-3-7-11-17/h3-4,6-8,10-11,15-16,18-22H,5,9,12-14H2,1-2H3/b8-4+/t15-,16+,18-,19-,20-/m1/s1. The lowest BCUT2D eigenvalue weighted by molar-refractivity contribution is -0.273. The molecule has 0 bridgehead atoms. The fourth-order valence-corrected chi connectivity index (χ4v) is 2.70. The van der Waals surface area contributed by atoms with Gasteiger partial charge in [0.2, 0.25) is 0 Å². The first-order chi connectivity index (χ1) is 12.1. The summed E-state index contributed by atoms with van der Waals surface area (Å²) < 4.78 is 16.9. The van der Waals surface area contributed by atoms with Crippen molar-refractivity contribution in [3.63, 3.8) is 0 Å². The third-order valence-electron chi connectivity index (χ3n) is 4.29. The smallest absolute Gasteiger partial charge is 0.184 e. The van der Waals surface area contributed by atoms with Crippen molar-refractivity contribution in [3.8, 4) is 0 Å². The minimum absolute atomic E-state index is 0.0306. The summed E-state index contributed by atoms with van der Waals surface area (Å²) in [5.74, 6) is 0. The first-order valence-electron chi connectivity index (χ1n) is 9.00. The highest BCUT2D eigenvalue weighted by atomic mass is 16.7. The Labute approximate surface area is 150 Å². The van der Waals surface area contributed by atoms with Gasteiger partial charge in [0, 0.05) is 6.42 Å². The predicted molar refractivity (Wildman–Crippen MR) is 96.0 cm³/mol. The van der Waals surface area contributed by atoms with E-state index in [0.717, 1.165) is 12.8 Å². The van der Waals surface area contributed by atoms with Crippen LogP contribution in [0.1, 0.15) is 38.7 Å². The van der Waals surface area contributed by atoms with Crippen LogP contribution in [0.25, 0.3) is 0 Å². The summed E-state index contributed by atoms with van der Waals surface area (Å²) in [4.78, 5) is 0. The topological polar surface area (TPSA) is 68.2 Å². The molecule has 2 N–H and O–H groups in total. The van der Waals surface area contributed by atoms with Crippen LogP contribution in [0.15, 0.2) is 42.5 Å². The maximum absolute atomic E-state index is 9.93. The molecule has 1 aliphatic rings. The first kappa shape index (κ1) is 20.1. The lowest BCUT2D eigenvalue weighted by Gasteiger charge is -2.36. The van der Waals surface area contributed by atoms with Crippen LogP contribution in [0.5, 0.6) is 0 Å². The van der Waals surface area contributed by atoms with E-state index in [1.54, 1.807) is 6.92 Å². The van der Waals surface area contributed by atoms with Gasteiger partial charge in [0.15, 0.2) is 6.29 Å². The van der Waals surface area contributed by atoms with Crippen molar-refractivity contribution in [3.05, 3.63) is 48.0 Å². The van der Waals surface area contributed by atoms with E-state index in [2.05, 4.69) is 6.08 Å². The Morgan fingerprint density at radius 3 is 2.72 bits per heavy atom. The van der Waals surface area contributed by atoms with E-state index in [1.807, 2.05) is 43.3 Å². The Hall–Kier alpha value is -1.24. The van der Waals surface area contributed by atoms with Crippen LogP contribution in [0.4, 0.5) is 0 Å². The average molecular weight is 350 g/mol. The maximum Gasteiger partial charge on any atom is 0.184 e. The number of rotatable bonds is 9. The highest BCUT2D eigenvalue weighted by molar-refractivity contribution is 5.13. The molecule has 1 saturated heterocycles. The number of benzene rings is 1. The molecule has 1 aromatic carbocycles. The quantitative estimate of drug-likeness (QED) is 0.529. The highest BCUT2D eigenvalue weighted by Gasteiger charge is 2.35. The molecular formula is C20H30O5. The molecule has 0 saturated carbocycles. The number of allylic oxidation sites excluding steroid dienone is 1. The number of ether oxygens (including phenoxy) is 3. The monoisotopic (exact) mass is 350 g/mol. The summed E-state index contributed by atoms with van der Waals surface area (Å²) in [5, 5.41) is 19.6. The fraction of sp³-hybridized carbons (Fsp3) is 0.600. The van der Waals surface area contributed by atoms with Crippen LogP contribution in [0, 0.1) is 0 Å². The minimum atomic E-state index is -0.782. The highest BCUT2D eigenvalue weighted by Crippen LogP contribution is 2.22. The molecule has 0 aromatic heterocycles. The van der Waals surface area contributed by atoms with Gasteiger partial charge in [-0.25, -0.2) is 0 Å². The summed E-state index contributed by atoms with van der Waals surface area (Å²) in [6, 6.07) is 10.1. The van der Waals surface area contributed by atoms with Crippen molar-refractivity contribution in [2.24, 2.45) is 0 Å². The summed E-state index contributed by atoms with van der Waals surface area (Å²) in [7, 11) is 0. The normalized spacial score (nSPS) is 28.3. The summed E-state index contributed by atoms with van der Waals surface area (Å²) in [6.07, 6.45) is 3.66. The van der Waals surface area contributed by atoms with Gasteiger partial charge in [0.25, 0.3) is 0 Å². The molecule has 5 atom stereocenters. The number of aliphatic hydroxyl groups excluding tert-OH is 2. The molecule has 0 aliphatic carbocycles. The largest absolute Gasteiger partial charge is 0.390 e. The predicted octanol–water partition coefficient (Wildman–Crippen LogP) is 2.80. The molecule has 5 nitrogen and oxygen atoms in total. The summed E-state index contributed by atoms with van der Waals surface area (Å²) >= 11 is 0. The zero-order valence-corrected chi connectivity index (χ0v) is 15.1. The lowest BCUT2D eigenvalue weighted by Crippen LogP contribution is -2.48. The van der Waals surface area contributed by atoms with E-state index in [1.165, 1.54) is 5.56 Å². The van der Waals surface area contributed by atoms with Gasteiger partial charge in [0.1, 0.15) is 6.10 Å². The van der Waals surface area contributed by atoms with Gasteiger partial charge in [-0.2, -0.15) is 0 Å². The summed E-state index contributed by atoms with van der Waals surface area (Å²) in [5.41, 5.74) is 1.17. The number of hydrogen-bond donors (Lipinski definition) is 2. The van der Waals surface area contributed by atoms with Gasteiger partial charge in [0.05, 0.1) is 31.5 Å². The third-order valence-corrected chi connectivity index (χ3v) is 4.29. The molecule has 25 heavy (non-hydrogen) atoms. The Kier molecular flexibility index (Phi) is 8.58. The lowest BCUT2D eigenvalue weighted by atomic mass is 10.0. The molecule has 0 radical (unpaired) electrons. The third kappa shape index (κ3) is 7.26. The van der Waals surface area contributed by atoms with E-state index < -0.39 is 18.5 Å². The van der Waals surface area contributed by atoms with Crippen LogP contribution in [-0.4, -0.2) is 47.5 Å². The van der Waals surface area contributed by atoms with Crippen LogP contribution < -0.4 is 0 Å². The SMILES string of the molecule is C[C@H](CC/C=C/COCc1ccccc1)O[C@@H]1O[C@@H](C)[C@H](O)C[C@H]1O. The van der Waals surface area contributed by atoms with E-state index in [9.17, 15) is 10.2 Å². The molecule has 0 spiro atoms. The molecule has 0 amide bonds. The van der Waals surface area contributed by atoms with Crippen molar-refractivity contribution < 1.29 is 24.4 Å². The van der Waals surface area contributed by atoms with Crippen molar-refractivity contribution in [1.82, 2.24) is 0 Å². The number of hydrogen-bond acceptors (Lipinski definition) is 5. The minimum Gasteiger partial charge on any atom is -0.390 e. The molecule has 1 aromatic rings. The van der Waals surface area contributed by atoms with Crippen LogP contribution in [-0.2, 0) is 20.8 Å². The van der Waals surface area contributed by atoms with E-state index in [-0.39, 0.29) is 18.6 Å². The Bertz CT molecular complexity index is 504. The van der Waals surface area contributed by atoms with Gasteiger partial charge < -0.3 is 24.4 Å². The molecular weight excluding hydrogens is 320 g/mol. The van der Waals surface area contributed by atoms with Gasteiger partial charge in [-0.05, 0) is 32.3 Å². The van der Waals surface area contributed by atoms with E-state index >= 15 is 0 Å². The van der Waals surface area contributed by atoms with Gasteiger partial charge in [-0.15, -0.1) is 0 Å². The Balaban J connectivity index is 1.56. The van der Waals surface area contributed by atoms with Crippen LogP contribution >= 0.6 is 0 Å². The van der Waals surface area contributed by atoms with Gasteiger partial charge in [-0.3, -0.25) is 0 Å². The second-order valence-corrected chi connectivity index (χ2v) is 6.58. The Morgan fingerprint density at radius 1 is 1.20 bits per heavy atom. The van der Waals surface area contributed by atoms with E-state index in [0.29, 0.717) is 13.2 Å². The van der Waals surface area contributed by atoms with Gasteiger partial charge >= 0.3 is 0 Å². The molecule has 1 fully saturated rings. The van der Waals surface area contributed by atoms with Gasteiger partial charge in [-0.1, -0.05) is 42.5 Å². The maximum atomic E-state index is 9.93. The Morgan fingerprint density at radius 2 is 1.96 bits per heavy atom. The average Bonchev–Trinajstić information content (AvgIpc) is 2.60.